The molecule has 1 aromatic heterocycles. The Bertz CT molecular complexity index is 924. The van der Waals surface area contributed by atoms with E-state index in [1.54, 1.807) is 18.2 Å². The van der Waals surface area contributed by atoms with Crippen LogP contribution in [0.2, 0.25) is 0 Å². The van der Waals surface area contributed by atoms with E-state index < -0.39 is 0 Å². The zero-order valence-corrected chi connectivity index (χ0v) is 15.9. The van der Waals surface area contributed by atoms with E-state index in [0.717, 1.165) is 38.5 Å². The van der Waals surface area contributed by atoms with Gasteiger partial charge in [0.2, 0.25) is 5.88 Å². The minimum Gasteiger partial charge on any atom is -0.439 e. The predicted octanol–water partition coefficient (Wildman–Crippen LogP) is 4.04. The standard InChI is InChI=1S/C22H23FN4O/c1-17-5-7-18(8-6-17)15-26-9-11-27(12-10-26)21-14-22(25-16-24-21)28-20-4-2-3-19(23)13-20/h2-8,13-14,16H,9-12,15H2,1H3. The van der Waals surface area contributed by atoms with E-state index in [1.807, 2.05) is 0 Å². The van der Waals surface area contributed by atoms with E-state index in [9.17, 15) is 4.39 Å². The fourth-order valence-electron chi connectivity index (χ4n) is 3.30. The summed E-state index contributed by atoms with van der Waals surface area (Å²) < 4.78 is 19.0. The number of hydrogen-bond acceptors (Lipinski definition) is 5. The fourth-order valence-corrected chi connectivity index (χ4v) is 3.30. The Labute approximate surface area is 164 Å². The molecule has 6 heteroatoms. The van der Waals surface area contributed by atoms with Crippen LogP contribution in [0.4, 0.5) is 10.2 Å². The van der Waals surface area contributed by atoms with Gasteiger partial charge < -0.3 is 9.64 Å². The second kappa shape index (κ2) is 8.35. The highest BCUT2D eigenvalue weighted by atomic mass is 19.1. The smallest absolute Gasteiger partial charge is 0.224 e. The Balaban J connectivity index is 1.36. The molecule has 0 aliphatic carbocycles. The van der Waals surface area contributed by atoms with Crippen molar-refractivity contribution in [1.82, 2.24) is 14.9 Å². The number of rotatable bonds is 5. The summed E-state index contributed by atoms with van der Waals surface area (Å²) in [4.78, 5) is 13.2. The van der Waals surface area contributed by atoms with Crippen molar-refractivity contribution in [2.75, 3.05) is 31.1 Å². The summed E-state index contributed by atoms with van der Waals surface area (Å²) in [7, 11) is 0. The average Bonchev–Trinajstić information content (AvgIpc) is 2.71. The van der Waals surface area contributed by atoms with Crippen LogP contribution in [-0.2, 0) is 6.54 Å². The lowest BCUT2D eigenvalue weighted by Gasteiger charge is -2.35. The minimum atomic E-state index is -0.337. The highest BCUT2D eigenvalue weighted by Gasteiger charge is 2.19. The molecule has 2 heterocycles. The maximum atomic E-state index is 13.3. The zero-order valence-electron chi connectivity index (χ0n) is 15.9. The topological polar surface area (TPSA) is 41.5 Å². The first-order chi connectivity index (χ1) is 13.7. The van der Waals surface area contributed by atoms with Crippen LogP contribution < -0.4 is 9.64 Å². The van der Waals surface area contributed by atoms with Crippen LogP contribution in [-0.4, -0.2) is 41.0 Å². The normalized spacial score (nSPS) is 14.9. The van der Waals surface area contributed by atoms with Gasteiger partial charge in [-0.1, -0.05) is 35.9 Å². The largest absolute Gasteiger partial charge is 0.439 e. The summed E-state index contributed by atoms with van der Waals surface area (Å²) in [5, 5.41) is 0. The summed E-state index contributed by atoms with van der Waals surface area (Å²) in [6, 6.07) is 16.6. The molecule has 0 radical (unpaired) electrons. The molecule has 0 bridgehead atoms. The molecule has 2 aromatic carbocycles. The number of aryl methyl sites for hydroxylation is 1. The van der Waals surface area contributed by atoms with Crippen molar-refractivity contribution in [3.05, 3.63) is 77.9 Å². The van der Waals surface area contributed by atoms with Crippen LogP contribution in [0.25, 0.3) is 0 Å². The molecule has 3 aromatic rings. The Morgan fingerprint density at radius 1 is 0.964 bits per heavy atom. The minimum absolute atomic E-state index is 0.337. The van der Waals surface area contributed by atoms with Crippen LogP contribution in [0.5, 0.6) is 11.6 Å². The maximum absolute atomic E-state index is 13.3. The van der Waals surface area contributed by atoms with E-state index in [2.05, 4.69) is 51.0 Å². The predicted molar refractivity (Wildman–Crippen MR) is 107 cm³/mol. The highest BCUT2D eigenvalue weighted by molar-refractivity contribution is 5.42. The van der Waals surface area contributed by atoms with E-state index in [0.29, 0.717) is 11.6 Å². The van der Waals surface area contributed by atoms with Crippen LogP contribution in [0, 0.1) is 12.7 Å². The molecule has 1 fully saturated rings. The molecule has 1 aliphatic rings. The van der Waals surface area contributed by atoms with Crippen LogP contribution in [0.1, 0.15) is 11.1 Å². The summed E-state index contributed by atoms with van der Waals surface area (Å²) in [6.07, 6.45) is 1.49. The molecule has 28 heavy (non-hydrogen) atoms. The van der Waals surface area contributed by atoms with Gasteiger partial charge in [0, 0.05) is 44.9 Å². The van der Waals surface area contributed by atoms with Crippen molar-refractivity contribution in [2.24, 2.45) is 0 Å². The quantitative estimate of drug-likeness (QED) is 0.670. The Morgan fingerprint density at radius 2 is 1.75 bits per heavy atom. The van der Waals surface area contributed by atoms with Crippen molar-refractivity contribution in [3.8, 4) is 11.6 Å². The third kappa shape index (κ3) is 4.64. The Hall–Kier alpha value is -2.99. The molecule has 4 rings (SSSR count). The number of piperazine rings is 1. The molecule has 0 unspecified atom stereocenters. The number of halogens is 1. The zero-order chi connectivity index (χ0) is 19.3. The van der Waals surface area contributed by atoms with Gasteiger partial charge >= 0.3 is 0 Å². The molecule has 144 valence electrons. The van der Waals surface area contributed by atoms with Crippen molar-refractivity contribution < 1.29 is 9.13 Å². The molecule has 0 spiro atoms. The van der Waals surface area contributed by atoms with Crippen LogP contribution >= 0.6 is 0 Å². The molecule has 0 atom stereocenters. The van der Waals surface area contributed by atoms with Gasteiger partial charge in [0.25, 0.3) is 0 Å². The maximum Gasteiger partial charge on any atom is 0.224 e. The lowest BCUT2D eigenvalue weighted by Crippen LogP contribution is -2.46. The third-order valence-corrected chi connectivity index (χ3v) is 4.87. The number of aromatic nitrogens is 2. The molecule has 0 saturated carbocycles. The number of anilines is 1. The lowest BCUT2D eigenvalue weighted by molar-refractivity contribution is 0.249. The number of nitrogens with zero attached hydrogens (tertiary/aromatic N) is 4. The number of benzene rings is 2. The third-order valence-electron chi connectivity index (χ3n) is 4.87. The average molecular weight is 378 g/mol. The van der Waals surface area contributed by atoms with Gasteiger partial charge in [0.15, 0.2) is 0 Å². The van der Waals surface area contributed by atoms with Gasteiger partial charge in [-0.3, -0.25) is 4.90 Å². The van der Waals surface area contributed by atoms with Gasteiger partial charge in [-0.25, -0.2) is 14.4 Å². The van der Waals surface area contributed by atoms with Gasteiger partial charge in [-0.2, -0.15) is 0 Å². The SMILES string of the molecule is Cc1ccc(CN2CCN(c3cc(Oc4cccc(F)c4)ncn3)CC2)cc1. The van der Waals surface area contributed by atoms with E-state index in [1.165, 1.54) is 29.6 Å². The first kappa shape index (κ1) is 18.4. The summed E-state index contributed by atoms with van der Waals surface area (Å²) >= 11 is 0. The van der Waals surface area contributed by atoms with Gasteiger partial charge in [-0.05, 0) is 24.6 Å². The second-order valence-corrected chi connectivity index (χ2v) is 7.02. The van der Waals surface area contributed by atoms with Gasteiger partial charge in [0.05, 0.1) is 0 Å². The molecular formula is C22H23FN4O. The second-order valence-electron chi connectivity index (χ2n) is 7.02. The highest BCUT2D eigenvalue weighted by Crippen LogP contribution is 2.23. The van der Waals surface area contributed by atoms with E-state index >= 15 is 0 Å². The van der Waals surface area contributed by atoms with E-state index in [4.69, 9.17) is 4.74 Å². The number of hydrogen-bond donors (Lipinski definition) is 0. The monoisotopic (exact) mass is 378 g/mol. The van der Waals surface area contributed by atoms with Gasteiger partial charge in [-0.15, -0.1) is 0 Å². The van der Waals surface area contributed by atoms with Crippen molar-refractivity contribution >= 4 is 5.82 Å². The molecule has 0 N–H and O–H groups in total. The van der Waals surface area contributed by atoms with Crippen molar-refractivity contribution in [1.29, 1.82) is 0 Å². The first-order valence-corrected chi connectivity index (χ1v) is 9.44. The van der Waals surface area contributed by atoms with Gasteiger partial charge in [0.1, 0.15) is 23.7 Å². The molecule has 1 saturated heterocycles. The lowest BCUT2D eigenvalue weighted by atomic mass is 10.1. The summed E-state index contributed by atoms with van der Waals surface area (Å²) in [6.45, 7) is 6.79. The number of ether oxygens (including phenoxy) is 1. The van der Waals surface area contributed by atoms with Crippen LogP contribution in [0.3, 0.4) is 0 Å². The van der Waals surface area contributed by atoms with Crippen LogP contribution in [0.15, 0.2) is 60.9 Å². The fraction of sp³-hybridized carbons (Fsp3) is 0.273. The Kier molecular flexibility index (Phi) is 5.48. The summed E-state index contributed by atoms with van der Waals surface area (Å²) in [5.41, 5.74) is 2.63. The molecule has 0 amide bonds. The molecular weight excluding hydrogens is 355 g/mol. The Morgan fingerprint density at radius 3 is 2.50 bits per heavy atom. The van der Waals surface area contributed by atoms with Crippen molar-refractivity contribution in [3.63, 3.8) is 0 Å². The summed E-state index contributed by atoms with van der Waals surface area (Å²) in [5.74, 6) is 1.33. The molecule has 1 aliphatic heterocycles. The van der Waals surface area contributed by atoms with E-state index in [-0.39, 0.29) is 5.82 Å². The van der Waals surface area contributed by atoms with Crippen molar-refractivity contribution in [2.45, 2.75) is 13.5 Å². The molecule has 5 nitrogen and oxygen atoms in total. The first-order valence-electron chi connectivity index (χ1n) is 9.44.